The SMILES string of the molecule is Cc1ccc(C(C)(N)Cc2ccc(C(C)C)cc2)cc1. The van der Waals surface area contributed by atoms with Gasteiger partial charge in [0.25, 0.3) is 0 Å². The molecule has 1 atom stereocenters. The van der Waals surface area contributed by atoms with E-state index in [4.69, 9.17) is 5.73 Å². The molecule has 0 aliphatic carbocycles. The molecule has 1 unspecified atom stereocenters. The van der Waals surface area contributed by atoms with Crippen molar-refractivity contribution >= 4 is 0 Å². The van der Waals surface area contributed by atoms with Crippen molar-refractivity contribution in [3.8, 4) is 0 Å². The first kappa shape index (κ1) is 14.8. The molecular formula is C19H25N. The summed E-state index contributed by atoms with van der Waals surface area (Å²) in [5.41, 5.74) is 11.3. The zero-order valence-electron chi connectivity index (χ0n) is 13.0. The van der Waals surface area contributed by atoms with Crippen molar-refractivity contribution in [2.24, 2.45) is 5.73 Å². The minimum Gasteiger partial charge on any atom is -0.321 e. The van der Waals surface area contributed by atoms with Crippen LogP contribution in [-0.4, -0.2) is 0 Å². The molecule has 0 amide bonds. The van der Waals surface area contributed by atoms with Crippen molar-refractivity contribution in [2.45, 2.75) is 45.6 Å². The van der Waals surface area contributed by atoms with E-state index < -0.39 is 0 Å². The summed E-state index contributed by atoms with van der Waals surface area (Å²) in [6, 6.07) is 17.4. The second-order valence-corrected chi connectivity index (χ2v) is 6.36. The Morgan fingerprint density at radius 2 is 1.50 bits per heavy atom. The molecule has 0 saturated heterocycles. The van der Waals surface area contributed by atoms with Crippen LogP contribution in [0.1, 0.15) is 48.9 Å². The van der Waals surface area contributed by atoms with E-state index in [0.29, 0.717) is 5.92 Å². The zero-order chi connectivity index (χ0) is 14.8. The Balaban J connectivity index is 2.17. The normalized spacial score (nSPS) is 14.3. The van der Waals surface area contributed by atoms with E-state index in [9.17, 15) is 0 Å². The average molecular weight is 267 g/mol. The summed E-state index contributed by atoms with van der Waals surface area (Å²) in [6.07, 6.45) is 0.856. The molecule has 0 radical (unpaired) electrons. The molecule has 0 spiro atoms. The van der Waals surface area contributed by atoms with Crippen LogP contribution in [-0.2, 0) is 12.0 Å². The van der Waals surface area contributed by atoms with E-state index in [2.05, 4.69) is 76.2 Å². The van der Waals surface area contributed by atoms with Crippen LogP contribution in [0.3, 0.4) is 0 Å². The van der Waals surface area contributed by atoms with Crippen LogP contribution in [0.15, 0.2) is 48.5 Å². The van der Waals surface area contributed by atoms with Gasteiger partial charge in [0.1, 0.15) is 0 Å². The van der Waals surface area contributed by atoms with Gasteiger partial charge in [-0.25, -0.2) is 0 Å². The van der Waals surface area contributed by atoms with Gasteiger partial charge in [0.05, 0.1) is 0 Å². The van der Waals surface area contributed by atoms with Gasteiger partial charge in [-0.1, -0.05) is 67.9 Å². The third kappa shape index (κ3) is 3.49. The highest BCUT2D eigenvalue weighted by molar-refractivity contribution is 5.31. The fourth-order valence-electron chi connectivity index (χ4n) is 2.48. The summed E-state index contributed by atoms with van der Waals surface area (Å²) in [7, 11) is 0. The highest BCUT2D eigenvalue weighted by atomic mass is 14.7. The van der Waals surface area contributed by atoms with Crippen molar-refractivity contribution in [3.63, 3.8) is 0 Å². The van der Waals surface area contributed by atoms with Gasteiger partial charge in [0.2, 0.25) is 0 Å². The smallest absolute Gasteiger partial charge is 0.0421 e. The topological polar surface area (TPSA) is 26.0 Å². The highest BCUT2D eigenvalue weighted by Crippen LogP contribution is 2.24. The maximum atomic E-state index is 6.52. The maximum Gasteiger partial charge on any atom is 0.0421 e. The largest absolute Gasteiger partial charge is 0.321 e. The van der Waals surface area contributed by atoms with E-state index >= 15 is 0 Å². The second kappa shape index (κ2) is 5.80. The van der Waals surface area contributed by atoms with Crippen LogP contribution in [0.5, 0.6) is 0 Å². The first-order valence-electron chi connectivity index (χ1n) is 7.33. The Morgan fingerprint density at radius 1 is 0.950 bits per heavy atom. The predicted octanol–water partition coefficient (Wildman–Crippen LogP) is 4.54. The number of nitrogens with two attached hydrogens (primary N) is 1. The van der Waals surface area contributed by atoms with Crippen LogP contribution in [0.2, 0.25) is 0 Å². The van der Waals surface area contributed by atoms with E-state index in [1.54, 1.807) is 0 Å². The molecule has 106 valence electrons. The molecule has 20 heavy (non-hydrogen) atoms. The fraction of sp³-hybridized carbons (Fsp3) is 0.368. The number of aryl methyl sites for hydroxylation is 1. The highest BCUT2D eigenvalue weighted by Gasteiger charge is 2.21. The predicted molar refractivity (Wildman–Crippen MR) is 87.0 cm³/mol. The van der Waals surface area contributed by atoms with Gasteiger partial charge >= 0.3 is 0 Å². The molecule has 2 N–H and O–H groups in total. The molecule has 0 aliphatic heterocycles. The minimum absolute atomic E-state index is 0.326. The van der Waals surface area contributed by atoms with E-state index in [0.717, 1.165) is 6.42 Å². The van der Waals surface area contributed by atoms with Crippen molar-refractivity contribution in [1.82, 2.24) is 0 Å². The summed E-state index contributed by atoms with van der Waals surface area (Å²) in [5.74, 6) is 0.574. The monoisotopic (exact) mass is 267 g/mol. The minimum atomic E-state index is -0.326. The summed E-state index contributed by atoms with van der Waals surface area (Å²) >= 11 is 0. The van der Waals surface area contributed by atoms with Gasteiger partial charge in [-0.2, -0.15) is 0 Å². The number of hydrogen-bond donors (Lipinski definition) is 1. The van der Waals surface area contributed by atoms with Crippen LogP contribution in [0.25, 0.3) is 0 Å². The number of rotatable bonds is 4. The Bertz CT molecular complexity index is 547. The molecule has 2 aromatic carbocycles. The zero-order valence-corrected chi connectivity index (χ0v) is 13.0. The van der Waals surface area contributed by atoms with Gasteiger partial charge in [0, 0.05) is 5.54 Å². The lowest BCUT2D eigenvalue weighted by molar-refractivity contribution is 0.491. The van der Waals surface area contributed by atoms with Gasteiger partial charge in [-0.05, 0) is 42.9 Å². The summed E-state index contributed by atoms with van der Waals surface area (Å²) in [6.45, 7) is 8.64. The Morgan fingerprint density at radius 3 is 2.00 bits per heavy atom. The Kier molecular flexibility index (Phi) is 4.29. The van der Waals surface area contributed by atoms with E-state index in [1.165, 1.54) is 22.3 Å². The Hall–Kier alpha value is -1.60. The van der Waals surface area contributed by atoms with Crippen molar-refractivity contribution in [2.75, 3.05) is 0 Å². The molecule has 0 heterocycles. The van der Waals surface area contributed by atoms with Crippen LogP contribution < -0.4 is 5.73 Å². The molecule has 0 bridgehead atoms. The van der Waals surface area contributed by atoms with Gasteiger partial charge in [0.15, 0.2) is 0 Å². The Labute approximate surface area is 122 Å². The standard InChI is InChI=1S/C19H25N/c1-14(2)17-9-7-16(8-10-17)13-19(4,20)18-11-5-15(3)6-12-18/h5-12,14H,13,20H2,1-4H3. The maximum absolute atomic E-state index is 6.52. The van der Waals surface area contributed by atoms with Crippen LogP contribution in [0, 0.1) is 6.92 Å². The van der Waals surface area contributed by atoms with Gasteiger partial charge < -0.3 is 5.73 Å². The molecule has 0 fully saturated rings. The fourth-order valence-corrected chi connectivity index (χ4v) is 2.48. The van der Waals surface area contributed by atoms with E-state index in [1.807, 2.05) is 0 Å². The van der Waals surface area contributed by atoms with Crippen LogP contribution >= 0.6 is 0 Å². The molecule has 1 heteroatoms. The lowest BCUT2D eigenvalue weighted by atomic mass is 9.86. The third-order valence-corrected chi connectivity index (χ3v) is 3.93. The first-order valence-corrected chi connectivity index (χ1v) is 7.33. The quantitative estimate of drug-likeness (QED) is 0.865. The number of benzene rings is 2. The molecule has 2 aromatic rings. The molecule has 0 saturated carbocycles. The third-order valence-electron chi connectivity index (χ3n) is 3.93. The van der Waals surface area contributed by atoms with Crippen molar-refractivity contribution < 1.29 is 0 Å². The molecular weight excluding hydrogens is 242 g/mol. The summed E-state index contributed by atoms with van der Waals surface area (Å²) in [5, 5.41) is 0. The lowest BCUT2D eigenvalue weighted by Crippen LogP contribution is -2.35. The number of hydrogen-bond acceptors (Lipinski definition) is 1. The summed E-state index contributed by atoms with van der Waals surface area (Å²) < 4.78 is 0. The van der Waals surface area contributed by atoms with Crippen molar-refractivity contribution in [3.05, 3.63) is 70.8 Å². The van der Waals surface area contributed by atoms with Crippen LogP contribution in [0.4, 0.5) is 0 Å². The molecule has 2 rings (SSSR count). The average Bonchev–Trinajstić information content (AvgIpc) is 2.39. The molecule has 0 aromatic heterocycles. The lowest BCUT2D eigenvalue weighted by Gasteiger charge is -2.26. The van der Waals surface area contributed by atoms with E-state index in [-0.39, 0.29) is 5.54 Å². The second-order valence-electron chi connectivity index (χ2n) is 6.36. The molecule has 0 aliphatic rings. The van der Waals surface area contributed by atoms with Gasteiger partial charge in [-0.3, -0.25) is 0 Å². The molecule has 1 nitrogen and oxygen atoms in total. The summed E-state index contributed by atoms with van der Waals surface area (Å²) in [4.78, 5) is 0. The van der Waals surface area contributed by atoms with Crippen molar-refractivity contribution in [1.29, 1.82) is 0 Å². The first-order chi connectivity index (χ1) is 9.38. The van der Waals surface area contributed by atoms with Gasteiger partial charge in [-0.15, -0.1) is 0 Å².